The number of nitriles is 1. The molecule has 2 aromatic heterocycles. The lowest BCUT2D eigenvalue weighted by Gasteiger charge is -2.43. The Balaban J connectivity index is 1.24. The summed E-state index contributed by atoms with van der Waals surface area (Å²) in [4.78, 5) is 12.4. The van der Waals surface area contributed by atoms with Gasteiger partial charge in [-0.1, -0.05) is 0 Å². The number of aryl methyl sites for hydroxylation is 1. The molecular weight excluding hydrogens is 490 g/mol. The molecule has 0 amide bonds. The largest absolute Gasteiger partial charge is 0.381 e. The van der Waals surface area contributed by atoms with Crippen molar-refractivity contribution < 1.29 is 4.74 Å². The van der Waals surface area contributed by atoms with E-state index in [1.54, 1.807) is 7.11 Å². The highest BCUT2D eigenvalue weighted by molar-refractivity contribution is 5.93. The molecule has 39 heavy (non-hydrogen) atoms. The lowest BCUT2D eigenvalue weighted by molar-refractivity contribution is 0.0819. The molecular formula is C29H39N9O. The molecule has 0 spiro atoms. The van der Waals surface area contributed by atoms with E-state index in [-0.39, 0.29) is 0 Å². The van der Waals surface area contributed by atoms with Crippen LogP contribution in [0, 0.1) is 24.2 Å². The van der Waals surface area contributed by atoms with Gasteiger partial charge in [0.25, 0.3) is 0 Å². The Kier molecular flexibility index (Phi) is 7.53. The van der Waals surface area contributed by atoms with Crippen LogP contribution in [-0.2, 0) is 4.74 Å². The number of nitrogens with one attached hydrogen (secondary N) is 4. The van der Waals surface area contributed by atoms with Crippen LogP contribution in [0.1, 0.15) is 57.1 Å². The molecule has 3 aliphatic heterocycles. The Morgan fingerprint density at radius 1 is 1.10 bits per heavy atom. The van der Waals surface area contributed by atoms with Crippen molar-refractivity contribution in [2.75, 3.05) is 35.7 Å². The Bertz CT molecular complexity index is 1310. The number of piperidine rings is 3. The van der Waals surface area contributed by atoms with E-state index in [1.165, 1.54) is 5.69 Å². The van der Waals surface area contributed by atoms with Crippen molar-refractivity contribution in [2.45, 2.75) is 82.5 Å². The highest BCUT2D eigenvalue weighted by atomic mass is 16.5. The fourth-order valence-electron chi connectivity index (χ4n) is 6.71. The number of hydrogen-bond donors (Lipinski definition) is 4. The number of ether oxygens (including phenoxy) is 1. The van der Waals surface area contributed by atoms with Crippen LogP contribution in [0.2, 0.25) is 0 Å². The lowest BCUT2D eigenvalue weighted by Crippen LogP contribution is -2.54. The van der Waals surface area contributed by atoms with Crippen molar-refractivity contribution in [3.8, 4) is 6.07 Å². The third kappa shape index (κ3) is 5.94. The van der Waals surface area contributed by atoms with E-state index in [1.807, 2.05) is 13.0 Å². The van der Waals surface area contributed by atoms with E-state index < -0.39 is 0 Å². The number of aromatic amines is 1. The average molecular weight is 530 g/mol. The van der Waals surface area contributed by atoms with Gasteiger partial charge < -0.3 is 25.6 Å². The minimum atomic E-state index is 0.312. The molecule has 1 aromatic carbocycles. The molecule has 4 N–H and O–H groups in total. The number of fused-ring (bicyclic) bond motifs is 3. The van der Waals surface area contributed by atoms with Gasteiger partial charge in [-0.25, -0.2) is 4.98 Å². The maximum atomic E-state index is 9.00. The molecule has 3 saturated heterocycles. The smallest absolute Gasteiger partial charge is 0.225 e. The van der Waals surface area contributed by atoms with E-state index >= 15 is 0 Å². The molecule has 4 atom stereocenters. The number of nitrogens with zero attached hydrogens (tertiary/aromatic N) is 5. The maximum absolute atomic E-state index is 9.00. The summed E-state index contributed by atoms with van der Waals surface area (Å²) in [7, 11) is 1.81. The van der Waals surface area contributed by atoms with Crippen LogP contribution in [0.15, 0.2) is 24.3 Å². The first-order valence-electron chi connectivity index (χ1n) is 14.3. The topological polar surface area (TPSA) is 127 Å². The molecule has 3 aliphatic rings. The van der Waals surface area contributed by atoms with Gasteiger partial charge in [0.05, 0.1) is 17.7 Å². The molecule has 6 rings (SSSR count). The van der Waals surface area contributed by atoms with Crippen molar-refractivity contribution >= 4 is 34.2 Å². The molecule has 206 valence electrons. The molecule has 3 fully saturated rings. The summed E-state index contributed by atoms with van der Waals surface area (Å²) < 4.78 is 5.57. The molecule has 10 heteroatoms. The second-order valence-electron chi connectivity index (χ2n) is 11.5. The van der Waals surface area contributed by atoms with Crippen molar-refractivity contribution in [3.05, 3.63) is 30.0 Å². The minimum absolute atomic E-state index is 0.312. The Hall–Kier alpha value is -3.42. The SMILES string of the molecule is COC1CCN(c2ccc3c(Nc4cc(C)[nH]n4)nc(N[C@@H]4C[C@H]5CC(CCC#N)C[C@@H](C4)N5)nc3c2)CC1. The van der Waals surface area contributed by atoms with E-state index in [9.17, 15) is 0 Å². The van der Waals surface area contributed by atoms with Crippen LogP contribution >= 0.6 is 0 Å². The Morgan fingerprint density at radius 2 is 1.90 bits per heavy atom. The number of hydrogen-bond acceptors (Lipinski definition) is 9. The van der Waals surface area contributed by atoms with Crippen LogP contribution in [0.3, 0.4) is 0 Å². The summed E-state index contributed by atoms with van der Waals surface area (Å²) in [5.41, 5.74) is 3.09. The van der Waals surface area contributed by atoms with Crippen LogP contribution < -0.4 is 20.9 Å². The summed E-state index contributed by atoms with van der Waals surface area (Å²) in [5, 5.41) is 28.3. The number of rotatable bonds is 8. The van der Waals surface area contributed by atoms with Crippen LogP contribution in [-0.4, -0.2) is 64.6 Å². The molecule has 0 aliphatic carbocycles. The van der Waals surface area contributed by atoms with Gasteiger partial charge in [0.2, 0.25) is 5.95 Å². The summed E-state index contributed by atoms with van der Waals surface area (Å²) in [6.07, 6.45) is 8.45. The maximum Gasteiger partial charge on any atom is 0.225 e. The number of H-pyrrole nitrogens is 1. The second kappa shape index (κ2) is 11.4. The van der Waals surface area contributed by atoms with Crippen LogP contribution in [0.5, 0.6) is 0 Å². The average Bonchev–Trinajstić information content (AvgIpc) is 3.35. The number of benzene rings is 1. The van der Waals surface area contributed by atoms with Crippen molar-refractivity contribution in [1.82, 2.24) is 25.5 Å². The van der Waals surface area contributed by atoms with Gasteiger partial charge in [-0.3, -0.25) is 5.10 Å². The zero-order chi connectivity index (χ0) is 26.8. The van der Waals surface area contributed by atoms with Gasteiger partial charge >= 0.3 is 0 Å². The molecule has 1 unspecified atom stereocenters. The third-order valence-electron chi connectivity index (χ3n) is 8.62. The monoisotopic (exact) mass is 529 g/mol. The molecule has 5 heterocycles. The first kappa shape index (κ1) is 25.8. The molecule has 2 bridgehead atoms. The van der Waals surface area contributed by atoms with Gasteiger partial charge in [0, 0.05) is 67.6 Å². The quantitative estimate of drug-likeness (QED) is 0.330. The lowest BCUT2D eigenvalue weighted by atomic mass is 9.77. The highest BCUT2D eigenvalue weighted by Crippen LogP contribution is 2.34. The third-order valence-corrected chi connectivity index (χ3v) is 8.62. The fourth-order valence-corrected chi connectivity index (χ4v) is 6.71. The van der Waals surface area contributed by atoms with Crippen LogP contribution in [0.4, 0.5) is 23.3 Å². The Morgan fingerprint density at radius 3 is 2.59 bits per heavy atom. The van der Waals surface area contributed by atoms with Gasteiger partial charge in [-0.15, -0.1) is 0 Å². The van der Waals surface area contributed by atoms with Gasteiger partial charge in [-0.2, -0.15) is 15.3 Å². The predicted molar refractivity (Wildman–Crippen MR) is 153 cm³/mol. The summed E-state index contributed by atoms with van der Waals surface area (Å²) in [6.45, 7) is 3.94. The number of anilines is 4. The van der Waals surface area contributed by atoms with E-state index in [4.69, 9.17) is 20.0 Å². The van der Waals surface area contributed by atoms with Crippen molar-refractivity contribution in [1.29, 1.82) is 5.26 Å². The second-order valence-corrected chi connectivity index (χ2v) is 11.5. The van der Waals surface area contributed by atoms with Crippen LogP contribution in [0.25, 0.3) is 10.9 Å². The highest BCUT2D eigenvalue weighted by Gasteiger charge is 2.35. The van der Waals surface area contributed by atoms with Crippen molar-refractivity contribution in [2.24, 2.45) is 5.92 Å². The predicted octanol–water partition coefficient (Wildman–Crippen LogP) is 4.64. The summed E-state index contributed by atoms with van der Waals surface area (Å²) in [6, 6.07) is 12.0. The fraction of sp³-hybridized carbons (Fsp3) is 0.586. The standard InChI is InChI=1S/C29H39N9O/c1-18-12-27(37-36-18)34-28-25-6-5-23(38-10-7-24(39-2)8-11-38)17-26(25)33-29(35-28)32-22-15-20-13-19(4-3-9-30)14-21(16-22)31-20/h5-6,12,17,19-22,24,31H,3-4,7-8,10-11,13-16H2,1-2H3,(H3,32,33,34,35,36,37)/t19?,20-,21+,22-. The van der Waals surface area contributed by atoms with Crippen molar-refractivity contribution in [3.63, 3.8) is 0 Å². The molecule has 10 nitrogen and oxygen atoms in total. The molecule has 0 radical (unpaired) electrons. The summed E-state index contributed by atoms with van der Waals surface area (Å²) >= 11 is 0. The summed E-state index contributed by atoms with van der Waals surface area (Å²) in [5.74, 6) is 2.80. The van der Waals surface area contributed by atoms with E-state index in [0.29, 0.717) is 42.5 Å². The van der Waals surface area contributed by atoms with Gasteiger partial charge in [0.15, 0.2) is 5.82 Å². The zero-order valence-corrected chi connectivity index (χ0v) is 22.9. The minimum Gasteiger partial charge on any atom is -0.381 e. The normalized spacial score (nSPS) is 25.4. The molecule has 3 aromatic rings. The Labute approximate surface area is 229 Å². The first-order chi connectivity index (χ1) is 19.1. The zero-order valence-electron chi connectivity index (χ0n) is 22.9. The van der Waals surface area contributed by atoms with E-state index in [2.05, 4.69) is 55.3 Å². The first-order valence-corrected chi connectivity index (χ1v) is 14.3. The van der Waals surface area contributed by atoms with Gasteiger partial charge in [-0.05, 0) is 76.0 Å². The number of aromatic nitrogens is 4. The van der Waals surface area contributed by atoms with Gasteiger partial charge in [0.1, 0.15) is 5.82 Å². The molecule has 0 saturated carbocycles. The number of methoxy groups -OCH3 is 1. The van der Waals surface area contributed by atoms with E-state index in [0.717, 1.165) is 86.3 Å².